The van der Waals surface area contributed by atoms with Gasteiger partial charge in [0.1, 0.15) is 0 Å². The highest BCUT2D eigenvalue weighted by molar-refractivity contribution is 6.31. The zero-order chi connectivity index (χ0) is 28.0. The summed E-state index contributed by atoms with van der Waals surface area (Å²) in [6.07, 6.45) is 13.0. The number of allylic oxidation sites excluding steroid dienone is 7. The highest BCUT2D eigenvalue weighted by Gasteiger charge is 2.31. The summed E-state index contributed by atoms with van der Waals surface area (Å²) in [7, 11) is 1.25. The average Bonchev–Trinajstić information content (AvgIpc) is 2.87. The van der Waals surface area contributed by atoms with Gasteiger partial charge < -0.3 is 9.64 Å². The topological polar surface area (TPSA) is 46.6 Å². The minimum atomic E-state index is -4.57. The molecule has 4 nitrogen and oxygen atoms in total. The summed E-state index contributed by atoms with van der Waals surface area (Å²) in [4.78, 5) is 26.2. The molecule has 1 rings (SSSR count). The lowest BCUT2D eigenvalue weighted by Crippen LogP contribution is -2.31. The van der Waals surface area contributed by atoms with E-state index in [0.717, 1.165) is 18.6 Å². The van der Waals surface area contributed by atoms with E-state index in [-0.39, 0.29) is 30.6 Å². The largest absolute Gasteiger partial charge is 0.469 e. The van der Waals surface area contributed by atoms with Crippen LogP contribution >= 0.6 is 11.6 Å². The van der Waals surface area contributed by atoms with Crippen molar-refractivity contribution in [1.82, 2.24) is 4.90 Å². The third-order valence-corrected chi connectivity index (χ3v) is 5.50. The predicted octanol–water partition coefficient (Wildman–Crippen LogP) is 7.23. The summed E-state index contributed by atoms with van der Waals surface area (Å²) < 4.78 is 45.2. The van der Waals surface area contributed by atoms with Gasteiger partial charge in [0.05, 0.1) is 24.7 Å². The van der Waals surface area contributed by atoms with Crippen LogP contribution in [0, 0.1) is 12.3 Å². The molecule has 0 saturated carbocycles. The van der Waals surface area contributed by atoms with Gasteiger partial charge in [0, 0.05) is 18.1 Å². The first-order valence-corrected chi connectivity index (χ1v) is 12.0. The number of hydrogen-bond donors (Lipinski definition) is 0. The van der Waals surface area contributed by atoms with Gasteiger partial charge in [-0.05, 0) is 61.3 Å². The molecule has 0 spiro atoms. The molecule has 0 heterocycles. The van der Waals surface area contributed by atoms with Crippen LogP contribution in [-0.4, -0.2) is 30.4 Å². The Morgan fingerprint density at radius 2 is 1.95 bits per heavy atom. The number of rotatable bonds is 11. The van der Waals surface area contributed by atoms with Gasteiger partial charge in [-0.15, -0.1) is 6.42 Å². The first-order valence-electron chi connectivity index (χ1n) is 11.6. The monoisotopic (exact) mass is 533 g/mol. The Bertz CT molecular complexity index is 1150. The van der Waals surface area contributed by atoms with E-state index < -0.39 is 23.6 Å². The molecule has 8 heteroatoms. The van der Waals surface area contributed by atoms with Gasteiger partial charge in [-0.2, -0.15) is 13.2 Å². The number of carbonyl (C=O) groups is 2. The lowest BCUT2D eigenvalue weighted by molar-refractivity contribution is -0.140. The Labute approximate surface area is 221 Å². The quantitative estimate of drug-likeness (QED) is 0.130. The lowest BCUT2D eigenvalue weighted by Gasteiger charge is -2.23. The van der Waals surface area contributed by atoms with Crippen LogP contribution in [0.2, 0.25) is 0 Å². The van der Waals surface area contributed by atoms with E-state index in [1.807, 2.05) is 13.0 Å². The van der Waals surface area contributed by atoms with Gasteiger partial charge in [0.25, 0.3) is 5.91 Å². The predicted molar refractivity (Wildman–Crippen MR) is 142 cm³/mol. The van der Waals surface area contributed by atoms with Crippen LogP contribution in [0.4, 0.5) is 13.2 Å². The highest BCUT2D eigenvalue weighted by atomic mass is 35.5. The third-order valence-electron chi connectivity index (χ3n) is 5.17. The van der Waals surface area contributed by atoms with Crippen molar-refractivity contribution in [2.24, 2.45) is 0 Å². The second kappa shape index (κ2) is 15.6. The highest BCUT2D eigenvalue weighted by Crippen LogP contribution is 2.31. The van der Waals surface area contributed by atoms with Crippen molar-refractivity contribution >= 4 is 29.6 Å². The number of amides is 1. The number of benzene rings is 1. The van der Waals surface area contributed by atoms with Gasteiger partial charge in [0.15, 0.2) is 0 Å². The van der Waals surface area contributed by atoms with Crippen molar-refractivity contribution in [2.45, 2.75) is 46.3 Å². The molecule has 1 aromatic carbocycles. The molecule has 0 unspecified atom stereocenters. The SMILES string of the molecule is C#C/C(=C\C=C/CC)C(=O)N(CC)Cc1cc(C(F)(F)F)ccc1/C=C/C(=C\C(Cl)=C/C)CC(=O)OC. The van der Waals surface area contributed by atoms with Gasteiger partial charge in [-0.1, -0.05) is 60.9 Å². The Morgan fingerprint density at radius 1 is 1.24 bits per heavy atom. The first kappa shape index (κ1) is 31.5. The van der Waals surface area contributed by atoms with Crippen molar-refractivity contribution in [3.05, 3.63) is 87.5 Å². The van der Waals surface area contributed by atoms with Gasteiger partial charge in [-0.3, -0.25) is 9.59 Å². The summed E-state index contributed by atoms with van der Waals surface area (Å²) >= 11 is 6.09. The number of carbonyl (C=O) groups excluding carboxylic acids is 2. The Hall–Kier alpha value is -3.50. The number of terminal acetylenes is 1. The fraction of sp³-hybridized carbons (Fsp3) is 0.310. The summed E-state index contributed by atoms with van der Waals surface area (Å²) in [6.45, 7) is 5.48. The molecule has 198 valence electrons. The molecule has 0 aromatic heterocycles. The molecule has 1 aromatic rings. The third kappa shape index (κ3) is 10.6. The van der Waals surface area contributed by atoms with E-state index in [2.05, 4.69) is 5.92 Å². The average molecular weight is 534 g/mol. The number of nitrogens with zero attached hydrogens (tertiary/aromatic N) is 1. The van der Waals surface area contributed by atoms with Crippen LogP contribution < -0.4 is 0 Å². The maximum Gasteiger partial charge on any atom is 0.416 e. The number of likely N-dealkylation sites (N-methyl/N-ethyl adjacent to an activating group) is 1. The van der Waals surface area contributed by atoms with Gasteiger partial charge >= 0.3 is 12.1 Å². The molecule has 37 heavy (non-hydrogen) atoms. The molecule has 0 aliphatic rings. The van der Waals surface area contributed by atoms with E-state index in [4.69, 9.17) is 22.8 Å². The molecule has 0 radical (unpaired) electrons. The maximum absolute atomic E-state index is 13.5. The lowest BCUT2D eigenvalue weighted by atomic mass is 10.0. The fourth-order valence-electron chi connectivity index (χ4n) is 3.12. The zero-order valence-electron chi connectivity index (χ0n) is 21.4. The molecule has 0 bridgehead atoms. The molecular formula is C29H31ClF3NO3. The van der Waals surface area contributed by atoms with Crippen molar-refractivity contribution in [1.29, 1.82) is 0 Å². The second-order valence-electron chi connectivity index (χ2n) is 7.77. The molecule has 0 aliphatic heterocycles. The summed E-state index contributed by atoms with van der Waals surface area (Å²) in [5, 5.41) is 0.379. The van der Waals surface area contributed by atoms with Crippen LogP contribution in [0.15, 0.2) is 70.8 Å². The van der Waals surface area contributed by atoms with Crippen LogP contribution in [0.25, 0.3) is 6.08 Å². The van der Waals surface area contributed by atoms with Crippen molar-refractivity contribution in [3.63, 3.8) is 0 Å². The number of hydrogen-bond acceptors (Lipinski definition) is 3. The molecule has 1 amide bonds. The second-order valence-corrected chi connectivity index (χ2v) is 8.21. The van der Waals surface area contributed by atoms with E-state index >= 15 is 0 Å². The Kier molecular flexibility index (Phi) is 13.3. The van der Waals surface area contributed by atoms with Crippen LogP contribution in [0.5, 0.6) is 0 Å². The summed E-state index contributed by atoms with van der Waals surface area (Å²) in [5.74, 6) is 1.38. The van der Waals surface area contributed by atoms with E-state index in [9.17, 15) is 22.8 Å². The molecular weight excluding hydrogens is 503 g/mol. The summed E-state index contributed by atoms with van der Waals surface area (Å²) in [5.41, 5.74) is 0.438. The Balaban J connectivity index is 3.52. The number of alkyl halides is 3. The van der Waals surface area contributed by atoms with Gasteiger partial charge in [-0.25, -0.2) is 0 Å². The van der Waals surface area contributed by atoms with E-state index in [0.29, 0.717) is 16.2 Å². The number of halogens is 4. The normalized spacial score (nSPS) is 13.2. The van der Waals surface area contributed by atoms with Gasteiger partial charge in [0.2, 0.25) is 0 Å². The van der Waals surface area contributed by atoms with Crippen LogP contribution in [0.1, 0.15) is 50.3 Å². The molecule has 0 fully saturated rings. The molecule has 0 N–H and O–H groups in total. The fourth-order valence-corrected chi connectivity index (χ4v) is 3.26. The molecule has 0 atom stereocenters. The van der Waals surface area contributed by atoms with E-state index in [1.165, 1.54) is 24.2 Å². The minimum absolute atomic E-state index is 0.0891. The van der Waals surface area contributed by atoms with E-state index in [1.54, 1.807) is 44.2 Å². The van der Waals surface area contributed by atoms with Crippen molar-refractivity contribution < 1.29 is 27.5 Å². The first-order chi connectivity index (χ1) is 17.5. The number of methoxy groups -OCH3 is 1. The van der Waals surface area contributed by atoms with Crippen molar-refractivity contribution in [2.75, 3.05) is 13.7 Å². The van der Waals surface area contributed by atoms with Crippen LogP contribution in [0.3, 0.4) is 0 Å². The summed E-state index contributed by atoms with van der Waals surface area (Å²) in [6, 6.07) is 3.29. The molecule has 0 aliphatic carbocycles. The number of esters is 1. The minimum Gasteiger partial charge on any atom is -0.469 e. The Morgan fingerprint density at radius 3 is 2.49 bits per heavy atom. The zero-order valence-corrected chi connectivity index (χ0v) is 22.1. The van der Waals surface area contributed by atoms with Crippen LogP contribution in [-0.2, 0) is 27.0 Å². The number of ether oxygens (including phenoxy) is 1. The maximum atomic E-state index is 13.5. The van der Waals surface area contributed by atoms with Crippen molar-refractivity contribution in [3.8, 4) is 12.3 Å². The smallest absolute Gasteiger partial charge is 0.416 e. The molecule has 0 saturated heterocycles. The standard InChI is InChI=1S/C29H31ClF3NO3/c1-6-10-11-12-22(7-2)28(36)34(9-4)20-24-19-25(29(31,32)33)16-15-23(24)14-13-21(17-26(30)8-3)18-27(35)37-5/h2,8,10-17,19H,6,9,18,20H2,1,3-5H3/b11-10-,14-13+,21-17+,22-12+,26-8+.